The molecule has 0 aromatic carbocycles. The lowest BCUT2D eigenvalue weighted by Gasteiger charge is -2.40. The first-order valence-corrected chi connectivity index (χ1v) is 11.1. The Hall–Kier alpha value is -1.90. The van der Waals surface area contributed by atoms with E-state index >= 15 is 0 Å². The molecule has 164 valence electrons. The highest BCUT2D eigenvalue weighted by molar-refractivity contribution is 6.31. The van der Waals surface area contributed by atoms with Crippen molar-refractivity contribution in [2.45, 2.75) is 46.2 Å². The third-order valence-corrected chi connectivity index (χ3v) is 6.93. The molecule has 4 rings (SSSR count). The summed E-state index contributed by atoms with van der Waals surface area (Å²) in [7, 11) is 0. The van der Waals surface area contributed by atoms with Crippen LogP contribution < -0.4 is 5.32 Å². The summed E-state index contributed by atoms with van der Waals surface area (Å²) in [6, 6.07) is 1.75. The van der Waals surface area contributed by atoms with Gasteiger partial charge in [0, 0.05) is 37.9 Å². The number of hydrogen-bond donors (Lipinski definition) is 1. The largest absolute Gasteiger partial charge is 0.381 e. The average molecular weight is 435 g/mol. The molecule has 2 fully saturated rings. The van der Waals surface area contributed by atoms with Crippen LogP contribution in [-0.2, 0) is 11.4 Å². The van der Waals surface area contributed by atoms with Crippen molar-refractivity contribution in [2.75, 3.05) is 39.4 Å². The van der Waals surface area contributed by atoms with Gasteiger partial charge in [0.05, 0.1) is 16.4 Å². The lowest BCUT2D eigenvalue weighted by atomic mass is 9.79. The number of carbonyl (C=O) groups excluding carboxylic acids is 1. The van der Waals surface area contributed by atoms with Crippen LogP contribution in [-0.4, -0.2) is 69.8 Å². The number of nitrogens with one attached hydrogen (secondary N) is 1. The molecule has 0 atom stereocenters. The fourth-order valence-electron chi connectivity index (χ4n) is 4.48. The number of aryl methyl sites for hydroxylation is 1. The van der Waals surface area contributed by atoms with E-state index in [0.29, 0.717) is 23.9 Å². The van der Waals surface area contributed by atoms with E-state index in [-0.39, 0.29) is 11.3 Å². The van der Waals surface area contributed by atoms with Gasteiger partial charge in [-0.15, -0.1) is 0 Å². The van der Waals surface area contributed by atoms with Crippen LogP contribution in [0, 0.1) is 19.3 Å². The molecule has 0 saturated carbocycles. The number of ether oxygens (including phenoxy) is 1. The van der Waals surface area contributed by atoms with E-state index in [2.05, 4.69) is 20.4 Å². The Labute approximate surface area is 182 Å². The summed E-state index contributed by atoms with van der Waals surface area (Å²) in [5, 5.41) is 12.7. The fourth-order valence-corrected chi connectivity index (χ4v) is 4.62. The number of nitrogens with zero attached hydrogens (tertiary/aromatic N) is 5. The van der Waals surface area contributed by atoms with Crippen LogP contribution in [0.15, 0.2) is 12.3 Å². The van der Waals surface area contributed by atoms with E-state index in [0.717, 1.165) is 57.1 Å². The van der Waals surface area contributed by atoms with E-state index in [4.69, 9.17) is 16.3 Å². The van der Waals surface area contributed by atoms with E-state index in [1.807, 2.05) is 13.8 Å². The highest BCUT2D eigenvalue weighted by atomic mass is 35.5. The molecule has 30 heavy (non-hydrogen) atoms. The monoisotopic (exact) mass is 434 g/mol. The van der Waals surface area contributed by atoms with E-state index in [9.17, 15) is 4.79 Å². The van der Waals surface area contributed by atoms with Gasteiger partial charge >= 0.3 is 0 Å². The molecule has 1 N–H and O–H groups in total. The summed E-state index contributed by atoms with van der Waals surface area (Å²) >= 11 is 6.22. The maximum atomic E-state index is 12.8. The van der Waals surface area contributed by atoms with Crippen molar-refractivity contribution in [3.63, 3.8) is 0 Å². The van der Waals surface area contributed by atoms with Crippen molar-refractivity contribution in [1.29, 1.82) is 0 Å². The third kappa shape index (κ3) is 4.71. The Morgan fingerprint density at radius 2 is 1.97 bits per heavy atom. The SMILES string of the molecule is Cc1nn(Cn2ccc(C(=O)NCC3(CN4CCCC4)CCOCC3)n2)c(C)c1Cl. The first kappa shape index (κ1) is 21.3. The standard InChI is InChI=1S/C21H31ClN6O2/c1-16-19(22)17(2)28(24-16)15-27-10-5-18(25-27)20(29)23-13-21(6-11-30-12-7-21)14-26-8-3-4-9-26/h5,10H,3-4,6-9,11-15H2,1-2H3,(H,23,29). The van der Waals surface area contributed by atoms with Crippen molar-refractivity contribution >= 4 is 17.5 Å². The molecule has 0 unspecified atom stereocenters. The number of amides is 1. The lowest BCUT2D eigenvalue weighted by Crippen LogP contribution is -2.48. The van der Waals surface area contributed by atoms with Crippen molar-refractivity contribution < 1.29 is 9.53 Å². The Kier molecular flexibility index (Phi) is 6.46. The van der Waals surface area contributed by atoms with Gasteiger partial charge in [-0.05, 0) is 58.7 Å². The van der Waals surface area contributed by atoms with Gasteiger partial charge in [0.25, 0.3) is 5.91 Å². The predicted molar refractivity (Wildman–Crippen MR) is 115 cm³/mol. The summed E-state index contributed by atoms with van der Waals surface area (Å²) in [5.74, 6) is -0.132. The van der Waals surface area contributed by atoms with Gasteiger partial charge in [-0.3, -0.25) is 9.48 Å². The van der Waals surface area contributed by atoms with Gasteiger partial charge in [-0.1, -0.05) is 11.6 Å². The van der Waals surface area contributed by atoms with Crippen LogP contribution in [0.2, 0.25) is 5.02 Å². The first-order valence-electron chi connectivity index (χ1n) is 10.8. The molecule has 4 heterocycles. The van der Waals surface area contributed by atoms with E-state index in [1.54, 1.807) is 21.6 Å². The molecular weight excluding hydrogens is 404 g/mol. The van der Waals surface area contributed by atoms with Gasteiger partial charge in [-0.25, -0.2) is 4.68 Å². The van der Waals surface area contributed by atoms with Crippen LogP contribution in [0.5, 0.6) is 0 Å². The quantitative estimate of drug-likeness (QED) is 0.724. The number of halogens is 1. The second kappa shape index (κ2) is 9.08. The molecule has 2 aromatic heterocycles. The van der Waals surface area contributed by atoms with Gasteiger partial charge in [0.1, 0.15) is 12.4 Å². The van der Waals surface area contributed by atoms with Crippen molar-refractivity contribution in [3.05, 3.63) is 34.4 Å². The molecule has 8 nitrogen and oxygen atoms in total. The zero-order valence-corrected chi connectivity index (χ0v) is 18.6. The molecular formula is C21H31ClN6O2. The van der Waals surface area contributed by atoms with E-state index < -0.39 is 0 Å². The van der Waals surface area contributed by atoms with Gasteiger partial charge in [0.15, 0.2) is 0 Å². The predicted octanol–water partition coefficient (Wildman–Crippen LogP) is 2.48. The normalized spacial score (nSPS) is 19.3. The molecule has 0 spiro atoms. The molecule has 0 radical (unpaired) electrons. The summed E-state index contributed by atoms with van der Waals surface area (Å²) in [6.07, 6.45) is 6.31. The molecule has 2 aromatic rings. The van der Waals surface area contributed by atoms with Crippen molar-refractivity contribution in [1.82, 2.24) is 29.8 Å². The van der Waals surface area contributed by atoms with Gasteiger partial charge in [0.2, 0.25) is 0 Å². The van der Waals surface area contributed by atoms with Crippen molar-refractivity contribution in [2.24, 2.45) is 5.41 Å². The lowest BCUT2D eigenvalue weighted by molar-refractivity contribution is -0.000656. The van der Waals surface area contributed by atoms with Crippen molar-refractivity contribution in [3.8, 4) is 0 Å². The van der Waals surface area contributed by atoms with Crippen LogP contribution in [0.3, 0.4) is 0 Å². The third-order valence-electron chi connectivity index (χ3n) is 6.38. The Balaban J connectivity index is 1.37. The molecule has 0 aliphatic carbocycles. The summed E-state index contributed by atoms with van der Waals surface area (Å²) < 4.78 is 9.09. The summed E-state index contributed by atoms with van der Waals surface area (Å²) in [6.45, 7) is 9.77. The van der Waals surface area contributed by atoms with Gasteiger partial charge < -0.3 is 15.0 Å². The molecule has 1 amide bonds. The topological polar surface area (TPSA) is 77.2 Å². The molecule has 2 aliphatic rings. The minimum absolute atomic E-state index is 0.0846. The minimum Gasteiger partial charge on any atom is -0.381 e. The highest BCUT2D eigenvalue weighted by Crippen LogP contribution is 2.32. The highest BCUT2D eigenvalue weighted by Gasteiger charge is 2.35. The van der Waals surface area contributed by atoms with Crippen LogP contribution >= 0.6 is 11.6 Å². The molecule has 2 saturated heterocycles. The number of aromatic nitrogens is 4. The number of hydrogen-bond acceptors (Lipinski definition) is 5. The maximum Gasteiger partial charge on any atom is 0.271 e. The van der Waals surface area contributed by atoms with Crippen LogP contribution in [0.4, 0.5) is 0 Å². The number of carbonyl (C=O) groups is 1. The Morgan fingerprint density at radius 1 is 1.23 bits per heavy atom. The zero-order valence-electron chi connectivity index (χ0n) is 17.9. The molecule has 9 heteroatoms. The van der Waals surface area contributed by atoms with Crippen LogP contribution in [0.1, 0.15) is 47.6 Å². The Bertz CT molecular complexity index is 880. The van der Waals surface area contributed by atoms with Crippen LogP contribution in [0.25, 0.3) is 0 Å². The first-order chi connectivity index (χ1) is 14.5. The Morgan fingerprint density at radius 3 is 2.63 bits per heavy atom. The summed E-state index contributed by atoms with van der Waals surface area (Å²) in [5.41, 5.74) is 2.19. The minimum atomic E-state index is -0.132. The second-order valence-corrected chi connectivity index (χ2v) is 9.02. The van der Waals surface area contributed by atoms with Gasteiger partial charge in [-0.2, -0.15) is 10.2 Å². The second-order valence-electron chi connectivity index (χ2n) is 8.64. The number of likely N-dealkylation sites (tertiary alicyclic amines) is 1. The maximum absolute atomic E-state index is 12.8. The summed E-state index contributed by atoms with van der Waals surface area (Å²) in [4.78, 5) is 15.3. The zero-order chi connectivity index (χ0) is 21.1. The molecule has 0 bridgehead atoms. The fraction of sp³-hybridized carbons (Fsp3) is 0.667. The number of rotatable bonds is 7. The molecule has 2 aliphatic heterocycles. The smallest absolute Gasteiger partial charge is 0.271 e. The average Bonchev–Trinajstić information content (AvgIpc) is 3.47. The van der Waals surface area contributed by atoms with E-state index in [1.165, 1.54) is 12.8 Å².